The molecule has 0 saturated heterocycles. The van der Waals surface area contributed by atoms with Gasteiger partial charge in [0.15, 0.2) is 0 Å². The van der Waals surface area contributed by atoms with Gasteiger partial charge in [-0.1, -0.05) is 50.1 Å². The first-order chi connectivity index (χ1) is 14.1. The van der Waals surface area contributed by atoms with Gasteiger partial charge < -0.3 is 9.67 Å². The summed E-state index contributed by atoms with van der Waals surface area (Å²) in [5.74, 6) is 0.0450. The van der Waals surface area contributed by atoms with Crippen molar-refractivity contribution in [2.24, 2.45) is 0 Å². The third kappa shape index (κ3) is 4.80. The van der Waals surface area contributed by atoms with Crippen LogP contribution in [0.4, 0.5) is 0 Å². The summed E-state index contributed by atoms with van der Waals surface area (Å²) in [6.45, 7) is 4.70. The van der Waals surface area contributed by atoms with E-state index in [0.29, 0.717) is 23.6 Å². The molecule has 0 spiro atoms. The monoisotopic (exact) mass is 428 g/mol. The smallest absolute Gasteiger partial charge is 0.336 e. The summed E-state index contributed by atoms with van der Waals surface area (Å²) in [4.78, 5) is 16.8. The fraction of sp³-hybridized carbons (Fsp3) is 0.304. The lowest BCUT2D eigenvalue weighted by atomic mass is 9.98. The Morgan fingerprint density at radius 2 is 2.03 bits per heavy atom. The number of aryl methyl sites for hydroxylation is 1. The van der Waals surface area contributed by atoms with Gasteiger partial charge in [-0.05, 0) is 52.4 Å². The van der Waals surface area contributed by atoms with Crippen LogP contribution in [0.1, 0.15) is 55.8 Å². The Hall–Kier alpha value is -2.37. The Bertz CT molecular complexity index is 1010. The highest BCUT2D eigenvalue weighted by Crippen LogP contribution is 2.32. The van der Waals surface area contributed by atoms with Gasteiger partial charge in [-0.2, -0.15) is 11.3 Å². The van der Waals surface area contributed by atoms with Crippen LogP contribution in [0.5, 0.6) is 0 Å². The van der Waals surface area contributed by atoms with Crippen LogP contribution in [0.3, 0.4) is 0 Å². The van der Waals surface area contributed by atoms with E-state index in [1.807, 2.05) is 54.2 Å². The molecular formula is C23H25ClN2O2S. The number of aliphatic carboxylic acids is 1. The number of carboxylic acid groups (broad SMARTS) is 1. The van der Waals surface area contributed by atoms with Gasteiger partial charge >= 0.3 is 5.97 Å². The molecule has 0 aliphatic carbocycles. The van der Waals surface area contributed by atoms with Crippen molar-refractivity contribution >= 4 is 40.1 Å². The number of hydrogen-bond acceptors (Lipinski definition) is 3. The summed E-state index contributed by atoms with van der Waals surface area (Å²) in [7, 11) is 0. The zero-order chi connectivity index (χ0) is 20.8. The van der Waals surface area contributed by atoms with Gasteiger partial charge in [-0.15, -0.1) is 0 Å². The largest absolute Gasteiger partial charge is 0.478 e. The van der Waals surface area contributed by atoms with Gasteiger partial charge in [-0.3, -0.25) is 0 Å². The van der Waals surface area contributed by atoms with Gasteiger partial charge in [0, 0.05) is 11.4 Å². The van der Waals surface area contributed by atoms with Gasteiger partial charge in [0.05, 0.1) is 24.0 Å². The number of allylic oxidation sites excluding steroid dienone is 1. The van der Waals surface area contributed by atoms with Gasteiger partial charge in [0.1, 0.15) is 5.82 Å². The van der Waals surface area contributed by atoms with Crippen molar-refractivity contribution in [3.63, 3.8) is 0 Å². The SMILES string of the molecule is CCCCc1ncc(C(CC)=C(C(=O)O)c2ccsc2)n1Cc1ccccc1Cl. The standard InChI is InChI=1S/C23H25ClN2O2S/c1-3-5-10-21-25-13-20(26(21)14-16-8-6-7-9-19(16)24)18(4-2)22(23(27)28)17-11-12-29-15-17/h6-9,11-13,15H,3-5,10,14H2,1-2H3,(H,27,28). The maximum Gasteiger partial charge on any atom is 0.336 e. The minimum atomic E-state index is -0.916. The fourth-order valence-electron chi connectivity index (χ4n) is 3.48. The number of carboxylic acids is 1. The predicted octanol–water partition coefficient (Wildman–Crippen LogP) is 6.39. The molecule has 0 fully saturated rings. The van der Waals surface area contributed by atoms with Crippen molar-refractivity contribution in [3.05, 3.63) is 75.0 Å². The van der Waals surface area contributed by atoms with Crippen LogP contribution in [-0.4, -0.2) is 20.6 Å². The lowest BCUT2D eigenvalue weighted by Crippen LogP contribution is -2.11. The molecule has 0 unspecified atom stereocenters. The second-order valence-corrected chi connectivity index (χ2v) is 8.05. The van der Waals surface area contributed by atoms with E-state index in [2.05, 4.69) is 16.5 Å². The Morgan fingerprint density at radius 1 is 1.24 bits per heavy atom. The molecule has 29 heavy (non-hydrogen) atoms. The molecule has 3 rings (SSSR count). The summed E-state index contributed by atoms with van der Waals surface area (Å²) in [6, 6.07) is 9.62. The molecule has 0 bridgehead atoms. The number of benzene rings is 1. The number of rotatable bonds is 9. The van der Waals surface area contributed by atoms with E-state index in [1.165, 1.54) is 11.3 Å². The Balaban J connectivity index is 2.17. The van der Waals surface area contributed by atoms with Crippen molar-refractivity contribution < 1.29 is 9.90 Å². The van der Waals surface area contributed by atoms with Crippen molar-refractivity contribution in [3.8, 4) is 0 Å². The number of halogens is 1. The first-order valence-corrected chi connectivity index (χ1v) is 11.2. The molecule has 3 aromatic rings. The van der Waals surface area contributed by atoms with Crippen molar-refractivity contribution in [2.45, 2.75) is 46.1 Å². The van der Waals surface area contributed by atoms with E-state index in [-0.39, 0.29) is 0 Å². The van der Waals surface area contributed by atoms with E-state index in [9.17, 15) is 9.90 Å². The predicted molar refractivity (Wildman–Crippen MR) is 120 cm³/mol. The maximum absolute atomic E-state index is 12.2. The summed E-state index contributed by atoms with van der Waals surface area (Å²) in [5.41, 5.74) is 3.71. The van der Waals surface area contributed by atoms with Gasteiger partial charge in [0.2, 0.25) is 0 Å². The molecule has 0 saturated carbocycles. The fourth-order valence-corrected chi connectivity index (χ4v) is 4.32. The number of hydrogen-bond donors (Lipinski definition) is 1. The van der Waals surface area contributed by atoms with Crippen LogP contribution in [0.15, 0.2) is 47.3 Å². The second kappa shape index (κ2) is 9.90. The Kier molecular flexibility index (Phi) is 7.29. The number of carbonyl (C=O) groups is 1. The van der Waals surface area contributed by atoms with Crippen LogP contribution >= 0.6 is 22.9 Å². The quantitative estimate of drug-likeness (QED) is 0.401. The van der Waals surface area contributed by atoms with Crippen LogP contribution in [0, 0.1) is 0 Å². The lowest BCUT2D eigenvalue weighted by molar-refractivity contribution is -0.130. The van der Waals surface area contributed by atoms with E-state index < -0.39 is 5.97 Å². The average Bonchev–Trinajstić information content (AvgIpc) is 3.36. The zero-order valence-electron chi connectivity index (χ0n) is 16.7. The Morgan fingerprint density at radius 3 is 2.66 bits per heavy atom. The minimum Gasteiger partial charge on any atom is -0.478 e. The third-order valence-corrected chi connectivity index (χ3v) is 6.02. The van der Waals surface area contributed by atoms with Crippen LogP contribution in [0.25, 0.3) is 11.1 Å². The van der Waals surface area contributed by atoms with Crippen molar-refractivity contribution in [1.29, 1.82) is 0 Å². The van der Waals surface area contributed by atoms with E-state index in [0.717, 1.165) is 47.5 Å². The second-order valence-electron chi connectivity index (χ2n) is 6.87. The number of unbranched alkanes of at least 4 members (excludes halogenated alkanes) is 1. The molecule has 2 heterocycles. The molecule has 6 heteroatoms. The van der Waals surface area contributed by atoms with Gasteiger partial charge in [0.25, 0.3) is 0 Å². The molecular weight excluding hydrogens is 404 g/mol. The summed E-state index contributed by atoms with van der Waals surface area (Å²) in [5, 5.41) is 14.5. The van der Waals surface area contributed by atoms with Crippen molar-refractivity contribution in [2.75, 3.05) is 0 Å². The molecule has 2 aromatic heterocycles. The van der Waals surface area contributed by atoms with E-state index in [1.54, 1.807) is 0 Å². The van der Waals surface area contributed by atoms with Crippen LogP contribution < -0.4 is 0 Å². The van der Waals surface area contributed by atoms with Crippen LogP contribution in [-0.2, 0) is 17.8 Å². The molecule has 0 amide bonds. The lowest BCUT2D eigenvalue weighted by Gasteiger charge is -2.16. The average molecular weight is 429 g/mol. The zero-order valence-corrected chi connectivity index (χ0v) is 18.3. The molecule has 152 valence electrons. The summed E-state index contributed by atoms with van der Waals surface area (Å²) >= 11 is 7.92. The third-order valence-electron chi connectivity index (χ3n) is 4.97. The van der Waals surface area contributed by atoms with Crippen LogP contribution in [0.2, 0.25) is 5.02 Å². The molecule has 0 atom stereocenters. The molecule has 0 radical (unpaired) electrons. The van der Waals surface area contributed by atoms with Gasteiger partial charge in [-0.25, -0.2) is 9.78 Å². The first-order valence-electron chi connectivity index (χ1n) is 9.83. The van der Waals surface area contributed by atoms with E-state index in [4.69, 9.17) is 11.6 Å². The summed E-state index contributed by atoms with van der Waals surface area (Å²) < 4.78 is 2.13. The van der Waals surface area contributed by atoms with Crippen molar-refractivity contribution in [1.82, 2.24) is 9.55 Å². The summed E-state index contributed by atoms with van der Waals surface area (Å²) in [6.07, 6.45) is 5.36. The molecule has 1 N–H and O–H groups in total. The minimum absolute atomic E-state index is 0.344. The highest BCUT2D eigenvalue weighted by Gasteiger charge is 2.22. The molecule has 4 nitrogen and oxygen atoms in total. The molecule has 0 aliphatic rings. The number of imidazole rings is 1. The molecule has 0 aliphatic heterocycles. The topological polar surface area (TPSA) is 55.1 Å². The van der Waals surface area contributed by atoms with E-state index >= 15 is 0 Å². The maximum atomic E-state index is 12.2. The highest BCUT2D eigenvalue weighted by atomic mass is 35.5. The molecule has 1 aromatic carbocycles. The normalized spacial score (nSPS) is 12.1. The number of thiophene rings is 1. The number of aromatic nitrogens is 2. The number of nitrogens with zero attached hydrogens (tertiary/aromatic N) is 2. The highest BCUT2D eigenvalue weighted by molar-refractivity contribution is 7.08. The first kappa shape index (κ1) is 21.3. The Labute approximate surface area is 180 Å².